The lowest BCUT2D eigenvalue weighted by Crippen LogP contribution is -2.49. The minimum Gasteiger partial charge on any atom is -0.457 e. The van der Waals surface area contributed by atoms with E-state index in [9.17, 15) is 14.0 Å². The molecule has 242 valence electrons. The van der Waals surface area contributed by atoms with E-state index in [1.54, 1.807) is 6.07 Å². The lowest BCUT2D eigenvalue weighted by molar-refractivity contribution is -0.172. The van der Waals surface area contributed by atoms with Crippen LogP contribution < -0.4 is 5.69 Å². The monoisotopic (exact) mass is 609 g/mol. The molecule has 0 spiro atoms. The lowest BCUT2D eigenvalue weighted by Gasteiger charge is -2.47. The Hall–Kier alpha value is -2.97. The van der Waals surface area contributed by atoms with Crippen LogP contribution in [-0.2, 0) is 33.8 Å². The average molecular weight is 610 g/mol. The van der Waals surface area contributed by atoms with Crippen molar-refractivity contribution in [2.45, 2.75) is 103 Å². The van der Waals surface area contributed by atoms with Crippen molar-refractivity contribution >= 4 is 17.0 Å². The van der Waals surface area contributed by atoms with E-state index in [0.29, 0.717) is 19.3 Å². The average Bonchev–Trinajstić information content (AvgIpc) is 3.26. The first-order chi connectivity index (χ1) is 21.2. The van der Waals surface area contributed by atoms with Crippen molar-refractivity contribution in [3.63, 3.8) is 0 Å². The Morgan fingerprint density at radius 1 is 1.02 bits per heavy atom. The van der Waals surface area contributed by atoms with Crippen molar-refractivity contribution < 1.29 is 18.7 Å². The van der Waals surface area contributed by atoms with E-state index in [-0.39, 0.29) is 35.9 Å². The van der Waals surface area contributed by atoms with Crippen molar-refractivity contribution in [2.75, 3.05) is 33.9 Å². The molecule has 0 amide bonds. The van der Waals surface area contributed by atoms with Gasteiger partial charge in [-0.25, -0.2) is 14.0 Å². The number of hydrogen-bond acceptors (Lipinski definition) is 5. The maximum absolute atomic E-state index is 14.1. The second-order valence-corrected chi connectivity index (χ2v) is 12.9. The zero-order valence-corrected chi connectivity index (χ0v) is 27.4. The first kappa shape index (κ1) is 33.9. The second-order valence-electron chi connectivity index (χ2n) is 12.9. The molecule has 7 nitrogen and oxygen atoms in total. The van der Waals surface area contributed by atoms with Gasteiger partial charge >= 0.3 is 11.7 Å². The summed E-state index contributed by atoms with van der Waals surface area (Å²) in [5.41, 5.74) is 3.62. The number of fused-ring (bicyclic) bond motifs is 2. The molecular weight excluding hydrogens is 557 g/mol. The molecule has 44 heavy (non-hydrogen) atoms. The maximum atomic E-state index is 14.1. The summed E-state index contributed by atoms with van der Waals surface area (Å²) < 4.78 is 29.3. The molecule has 0 aliphatic heterocycles. The van der Waals surface area contributed by atoms with Gasteiger partial charge in [-0.05, 0) is 87.0 Å². The van der Waals surface area contributed by atoms with Crippen LogP contribution in [-0.4, -0.2) is 59.5 Å². The van der Waals surface area contributed by atoms with E-state index in [4.69, 9.17) is 9.47 Å². The number of esters is 1. The summed E-state index contributed by atoms with van der Waals surface area (Å²) in [7, 11) is 3.64. The molecule has 4 rings (SSSR count). The molecule has 3 aromatic rings. The van der Waals surface area contributed by atoms with Gasteiger partial charge in [0.1, 0.15) is 18.0 Å². The Labute approximate surface area is 262 Å². The van der Waals surface area contributed by atoms with Gasteiger partial charge in [0.25, 0.3) is 0 Å². The first-order valence-electron chi connectivity index (χ1n) is 16.6. The molecule has 1 heterocycles. The Balaban J connectivity index is 1.31. The minimum atomic E-state index is -0.660. The number of benzene rings is 2. The largest absolute Gasteiger partial charge is 0.457 e. The summed E-state index contributed by atoms with van der Waals surface area (Å²) >= 11 is 0. The highest BCUT2D eigenvalue weighted by atomic mass is 19.1. The summed E-state index contributed by atoms with van der Waals surface area (Å²) in [6.45, 7) is 9.64. The number of halogens is 1. The van der Waals surface area contributed by atoms with E-state index >= 15 is 0 Å². The Bertz CT molecular complexity index is 1430. The highest BCUT2D eigenvalue weighted by molar-refractivity contribution is 5.76. The second kappa shape index (κ2) is 15.8. The summed E-state index contributed by atoms with van der Waals surface area (Å²) in [5.74, 6) is -0.370. The minimum absolute atomic E-state index is 0.0163. The SMILES string of the molecule is CCCCn1c(=O)n(CCCCCCN(C)CC[C@@]2(OC(=O)COC)CCc3cc(F)ccc3[C@@H]2C(C)C)c2ccccc21. The Morgan fingerprint density at radius 2 is 1.70 bits per heavy atom. The van der Waals surface area contributed by atoms with E-state index in [2.05, 4.69) is 44.9 Å². The lowest BCUT2D eigenvalue weighted by atomic mass is 9.65. The predicted octanol–water partition coefficient (Wildman–Crippen LogP) is 6.94. The molecule has 0 radical (unpaired) electrons. The van der Waals surface area contributed by atoms with Gasteiger partial charge in [-0.2, -0.15) is 0 Å². The van der Waals surface area contributed by atoms with E-state index in [1.807, 2.05) is 27.3 Å². The number of ether oxygens (including phenoxy) is 2. The number of para-hydroxylation sites is 2. The van der Waals surface area contributed by atoms with Crippen molar-refractivity contribution in [3.05, 3.63) is 69.9 Å². The topological polar surface area (TPSA) is 65.7 Å². The van der Waals surface area contributed by atoms with Crippen molar-refractivity contribution in [1.29, 1.82) is 0 Å². The molecule has 1 aliphatic rings. The summed E-state index contributed by atoms with van der Waals surface area (Å²) in [5, 5.41) is 0. The summed E-state index contributed by atoms with van der Waals surface area (Å²) in [6, 6.07) is 13.2. The number of carbonyl (C=O) groups excluding carboxylic acids is 1. The van der Waals surface area contributed by atoms with Gasteiger partial charge in [0.2, 0.25) is 0 Å². The third-order valence-corrected chi connectivity index (χ3v) is 9.32. The van der Waals surface area contributed by atoms with E-state index in [0.717, 1.165) is 86.9 Å². The van der Waals surface area contributed by atoms with Gasteiger partial charge in [0.05, 0.1) is 11.0 Å². The molecule has 8 heteroatoms. The van der Waals surface area contributed by atoms with Gasteiger partial charge in [0, 0.05) is 39.1 Å². The molecule has 1 aromatic heterocycles. The predicted molar refractivity (Wildman–Crippen MR) is 175 cm³/mol. The summed E-state index contributed by atoms with van der Waals surface area (Å²) in [4.78, 5) is 28.2. The van der Waals surface area contributed by atoms with Crippen molar-refractivity contribution in [1.82, 2.24) is 14.0 Å². The van der Waals surface area contributed by atoms with Crippen LogP contribution in [0.15, 0.2) is 47.3 Å². The third-order valence-electron chi connectivity index (χ3n) is 9.32. The van der Waals surface area contributed by atoms with Gasteiger partial charge in [-0.15, -0.1) is 0 Å². The van der Waals surface area contributed by atoms with Crippen LogP contribution in [0, 0.1) is 11.7 Å². The highest BCUT2D eigenvalue weighted by Gasteiger charge is 2.47. The zero-order chi connectivity index (χ0) is 31.7. The normalized spacial score (nSPS) is 18.3. The Morgan fingerprint density at radius 3 is 2.36 bits per heavy atom. The maximum Gasteiger partial charge on any atom is 0.332 e. The highest BCUT2D eigenvalue weighted by Crippen LogP contribution is 2.48. The van der Waals surface area contributed by atoms with Gasteiger partial charge < -0.3 is 14.4 Å². The zero-order valence-electron chi connectivity index (χ0n) is 27.4. The van der Waals surface area contributed by atoms with Crippen LogP contribution in [0.25, 0.3) is 11.0 Å². The fourth-order valence-electron chi connectivity index (χ4n) is 7.18. The van der Waals surface area contributed by atoms with Crippen LogP contribution >= 0.6 is 0 Å². The number of carbonyl (C=O) groups is 1. The standard InChI is InChI=1S/C36H52FN3O4/c1-6-7-22-39-31-14-10-11-15-32(31)40(35(39)42)23-13-9-8-12-21-38(4)24-20-36(44-33(41)26-43-5)19-18-28-25-29(37)16-17-30(28)34(36)27(2)3/h10-11,14-17,25,27,34H,6-9,12-13,18-24,26H2,1-5H3/t34-,36-/m0/s1. The Kier molecular flexibility index (Phi) is 12.2. The van der Waals surface area contributed by atoms with Crippen LogP contribution in [0.5, 0.6) is 0 Å². The fraction of sp³-hybridized carbons (Fsp3) is 0.611. The van der Waals surface area contributed by atoms with E-state index < -0.39 is 5.60 Å². The molecule has 0 saturated carbocycles. The number of aryl methyl sites for hydroxylation is 3. The fourth-order valence-corrected chi connectivity index (χ4v) is 7.18. The van der Waals surface area contributed by atoms with Gasteiger partial charge in [-0.1, -0.05) is 58.2 Å². The van der Waals surface area contributed by atoms with Gasteiger partial charge in [-0.3, -0.25) is 9.13 Å². The van der Waals surface area contributed by atoms with Crippen LogP contribution in [0.4, 0.5) is 4.39 Å². The number of nitrogens with zero attached hydrogens (tertiary/aromatic N) is 3. The van der Waals surface area contributed by atoms with Crippen molar-refractivity contribution in [3.8, 4) is 0 Å². The number of aromatic nitrogens is 2. The molecule has 2 atom stereocenters. The van der Waals surface area contributed by atoms with E-state index in [1.165, 1.54) is 13.2 Å². The third kappa shape index (κ3) is 7.99. The van der Waals surface area contributed by atoms with Crippen LogP contribution in [0.3, 0.4) is 0 Å². The molecule has 0 bridgehead atoms. The quantitative estimate of drug-likeness (QED) is 0.123. The summed E-state index contributed by atoms with van der Waals surface area (Å²) in [6.07, 6.45) is 8.33. The molecule has 0 N–H and O–H groups in total. The van der Waals surface area contributed by atoms with Crippen LogP contribution in [0.1, 0.15) is 89.2 Å². The first-order valence-corrected chi connectivity index (χ1v) is 16.6. The van der Waals surface area contributed by atoms with Gasteiger partial charge in [0.15, 0.2) is 0 Å². The number of unbranched alkanes of at least 4 members (excludes halogenated alkanes) is 4. The molecule has 0 saturated heterocycles. The molecule has 0 unspecified atom stereocenters. The number of imidazole rings is 1. The van der Waals surface area contributed by atoms with Crippen molar-refractivity contribution in [2.24, 2.45) is 5.92 Å². The molecule has 1 aliphatic carbocycles. The van der Waals surface area contributed by atoms with Crippen LogP contribution in [0.2, 0.25) is 0 Å². The number of rotatable bonds is 17. The number of methoxy groups -OCH3 is 1. The number of hydrogen-bond donors (Lipinski definition) is 0. The molecular formula is C36H52FN3O4. The molecule has 2 aromatic carbocycles. The molecule has 0 fully saturated rings. The smallest absolute Gasteiger partial charge is 0.332 e.